The molecule has 0 aliphatic rings. The van der Waals surface area contributed by atoms with Gasteiger partial charge in [0, 0.05) is 17.6 Å². The highest BCUT2D eigenvalue weighted by atomic mass is 16.3. The summed E-state index contributed by atoms with van der Waals surface area (Å²) >= 11 is 0. The molecule has 0 aliphatic carbocycles. The Hall–Kier alpha value is -1.77. The molecule has 2 N–H and O–H groups in total. The fourth-order valence-corrected chi connectivity index (χ4v) is 1.18. The largest absolute Gasteiger partial charge is 0.507 e. The fraction of sp³-hybridized carbons (Fsp3) is 0. The average molecular weight is 161 g/mol. The highest BCUT2D eigenvalue weighted by molar-refractivity contribution is 5.86. The van der Waals surface area contributed by atoms with E-state index >= 15 is 0 Å². The highest BCUT2D eigenvalue weighted by Gasteiger charge is 1.97. The van der Waals surface area contributed by atoms with Crippen molar-refractivity contribution in [3.63, 3.8) is 0 Å². The SMILES string of the molecule is O=c1cc2cccc(O)c2c[nH]1. The van der Waals surface area contributed by atoms with Crippen molar-refractivity contribution in [3.8, 4) is 5.75 Å². The lowest BCUT2D eigenvalue weighted by Gasteiger charge is -1.97. The van der Waals surface area contributed by atoms with Gasteiger partial charge in [-0.1, -0.05) is 12.1 Å². The predicted molar refractivity (Wildman–Crippen MR) is 46.2 cm³/mol. The normalized spacial score (nSPS) is 10.3. The molecule has 2 rings (SSSR count). The van der Waals surface area contributed by atoms with E-state index in [1.807, 2.05) is 0 Å². The van der Waals surface area contributed by atoms with Gasteiger partial charge in [-0.15, -0.1) is 0 Å². The van der Waals surface area contributed by atoms with E-state index in [4.69, 9.17) is 0 Å². The number of aromatic amines is 1. The van der Waals surface area contributed by atoms with Crippen molar-refractivity contribution in [3.05, 3.63) is 40.8 Å². The number of rotatable bonds is 0. The summed E-state index contributed by atoms with van der Waals surface area (Å²) in [5.74, 6) is 0.184. The third-order valence-electron chi connectivity index (χ3n) is 1.76. The second kappa shape index (κ2) is 2.37. The number of aromatic nitrogens is 1. The number of phenols is 1. The van der Waals surface area contributed by atoms with Crippen LogP contribution in [0.4, 0.5) is 0 Å². The Balaban J connectivity index is 2.96. The number of benzene rings is 1. The minimum atomic E-state index is -0.159. The van der Waals surface area contributed by atoms with Gasteiger partial charge in [-0.25, -0.2) is 0 Å². The lowest BCUT2D eigenvalue weighted by molar-refractivity contribution is 0.481. The van der Waals surface area contributed by atoms with Gasteiger partial charge in [0.25, 0.3) is 0 Å². The molecule has 0 saturated heterocycles. The van der Waals surface area contributed by atoms with Gasteiger partial charge in [-0.3, -0.25) is 4.79 Å². The van der Waals surface area contributed by atoms with E-state index in [0.29, 0.717) is 5.39 Å². The number of nitrogens with one attached hydrogen (secondary N) is 1. The van der Waals surface area contributed by atoms with Crippen LogP contribution in [0.2, 0.25) is 0 Å². The summed E-state index contributed by atoms with van der Waals surface area (Å²) in [6.45, 7) is 0. The van der Waals surface area contributed by atoms with Gasteiger partial charge in [0.05, 0.1) is 0 Å². The Kier molecular flexibility index (Phi) is 1.37. The van der Waals surface area contributed by atoms with Gasteiger partial charge in [0.1, 0.15) is 5.75 Å². The van der Waals surface area contributed by atoms with Crippen LogP contribution in [-0.2, 0) is 0 Å². The molecule has 1 heterocycles. The van der Waals surface area contributed by atoms with Crippen molar-refractivity contribution < 1.29 is 5.11 Å². The molecule has 1 aromatic carbocycles. The Labute approximate surface area is 68.3 Å². The minimum absolute atomic E-state index is 0.159. The van der Waals surface area contributed by atoms with E-state index in [-0.39, 0.29) is 11.3 Å². The molecule has 0 aliphatic heterocycles. The van der Waals surface area contributed by atoms with Gasteiger partial charge in [0.15, 0.2) is 0 Å². The third kappa shape index (κ3) is 0.955. The van der Waals surface area contributed by atoms with Crippen LogP contribution >= 0.6 is 0 Å². The van der Waals surface area contributed by atoms with Crippen molar-refractivity contribution in [2.75, 3.05) is 0 Å². The van der Waals surface area contributed by atoms with E-state index in [1.165, 1.54) is 12.3 Å². The topological polar surface area (TPSA) is 53.1 Å². The maximum Gasteiger partial charge on any atom is 0.248 e. The molecule has 0 saturated carbocycles. The first-order valence-corrected chi connectivity index (χ1v) is 3.58. The second-order valence-corrected chi connectivity index (χ2v) is 2.58. The summed E-state index contributed by atoms with van der Waals surface area (Å²) < 4.78 is 0. The smallest absolute Gasteiger partial charge is 0.248 e. The third-order valence-corrected chi connectivity index (χ3v) is 1.76. The Bertz CT molecular complexity index is 473. The van der Waals surface area contributed by atoms with E-state index in [2.05, 4.69) is 4.98 Å². The first-order chi connectivity index (χ1) is 5.77. The molecule has 3 nitrogen and oxygen atoms in total. The molecule has 0 spiro atoms. The molecule has 1 aromatic heterocycles. The van der Waals surface area contributed by atoms with Crippen molar-refractivity contribution in [1.82, 2.24) is 4.98 Å². The van der Waals surface area contributed by atoms with E-state index in [0.717, 1.165) is 5.39 Å². The van der Waals surface area contributed by atoms with E-state index < -0.39 is 0 Å². The lowest BCUT2D eigenvalue weighted by atomic mass is 10.2. The molecule has 2 aromatic rings. The zero-order valence-electron chi connectivity index (χ0n) is 6.24. The Morgan fingerprint density at radius 3 is 3.00 bits per heavy atom. The summed E-state index contributed by atoms with van der Waals surface area (Å²) in [6.07, 6.45) is 1.51. The van der Waals surface area contributed by atoms with Gasteiger partial charge >= 0.3 is 0 Å². The molecule has 3 heteroatoms. The number of phenolic OH excluding ortho intramolecular Hbond substituents is 1. The first-order valence-electron chi connectivity index (χ1n) is 3.58. The average Bonchev–Trinajstić information content (AvgIpc) is 2.04. The van der Waals surface area contributed by atoms with Crippen LogP contribution in [0.15, 0.2) is 35.3 Å². The van der Waals surface area contributed by atoms with Crippen molar-refractivity contribution in [2.45, 2.75) is 0 Å². The summed E-state index contributed by atoms with van der Waals surface area (Å²) in [5.41, 5.74) is -0.159. The summed E-state index contributed by atoms with van der Waals surface area (Å²) in [6, 6.07) is 6.52. The van der Waals surface area contributed by atoms with E-state index in [9.17, 15) is 9.90 Å². The quantitative estimate of drug-likeness (QED) is 0.610. The number of fused-ring (bicyclic) bond motifs is 1. The summed E-state index contributed by atoms with van der Waals surface area (Å²) in [5, 5.41) is 10.8. The summed E-state index contributed by atoms with van der Waals surface area (Å²) in [4.78, 5) is 13.4. The van der Waals surface area contributed by atoms with Gasteiger partial charge < -0.3 is 10.1 Å². The molecule has 0 unspecified atom stereocenters. The van der Waals surface area contributed by atoms with Crippen molar-refractivity contribution in [2.24, 2.45) is 0 Å². The lowest BCUT2D eigenvalue weighted by Crippen LogP contribution is -2.01. The van der Waals surface area contributed by atoms with Gasteiger partial charge in [-0.05, 0) is 11.5 Å². The molecule has 0 radical (unpaired) electrons. The van der Waals surface area contributed by atoms with Crippen LogP contribution in [-0.4, -0.2) is 10.1 Å². The number of pyridine rings is 1. The van der Waals surface area contributed by atoms with Gasteiger partial charge in [-0.2, -0.15) is 0 Å². The molecular formula is C9H7NO2. The number of hydrogen-bond acceptors (Lipinski definition) is 2. The highest BCUT2D eigenvalue weighted by Crippen LogP contribution is 2.21. The standard InChI is InChI=1S/C9H7NO2/c11-8-3-1-2-6-4-9(12)10-5-7(6)8/h1-5,11H,(H,10,12). The maximum atomic E-state index is 10.9. The van der Waals surface area contributed by atoms with Crippen molar-refractivity contribution >= 4 is 10.8 Å². The van der Waals surface area contributed by atoms with Crippen LogP contribution in [0, 0.1) is 0 Å². The van der Waals surface area contributed by atoms with Gasteiger partial charge in [0.2, 0.25) is 5.56 Å². The first kappa shape index (κ1) is 6.91. The van der Waals surface area contributed by atoms with Crippen molar-refractivity contribution in [1.29, 1.82) is 0 Å². The molecule has 0 amide bonds. The molecule has 0 bridgehead atoms. The van der Waals surface area contributed by atoms with Crippen LogP contribution < -0.4 is 5.56 Å². The maximum absolute atomic E-state index is 10.9. The predicted octanol–water partition coefficient (Wildman–Crippen LogP) is 1.23. The second-order valence-electron chi connectivity index (χ2n) is 2.58. The van der Waals surface area contributed by atoms with Crippen LogP contribution in [0.1, 0.15) is 0 Å². The fourth-order valence-electron chi connectivity index (χ4n) is 1.18. The van der Waals surface area contributed by atoms with Crippen LogP contribution in [0.3, 0.4) is 0 Å². The molecule has 0 fully saturated rings. The minimum Gasteiger partial charge on any atom is -0.507 e. The number of hydrogen-bond donors (Lipinski definition) is 2. The van der Waals surface area contributed by atoms with E-state index in [1.54, 1.807) is 18.2 Å². The Morgan fingerprint density at radius 1 is 1.33 bits per heavy atom. The summed E-state index contributed by atoms with van der Waals surface area (Å²) in [7, 11) is 0. The zero-order valence-corrected chi connectivity index (χ0v) is 6.24. The molecular weight excluding hydrogens is 154 g/mol. The van der Waals surface area contributed by atoms with Crippen LogP contribution in [0.25, 0.3) is 10.8 Å². The number of aromatic hydroxyl groups is 1. The number of H-pyrrole nitrogens is 1. The van der Waals surface area contributed by atoms with Crippen LogP contribution in [0.5, 0.6) is 5.75 Å². The zero-order chi connectivity index (χ0) is 8.55. The molecule has 0 atom stereocenters. The molecule has 60 valence electrons. The molecule has 12 heavy (non-hydrogen) atoms. The monoisotopic (exact) mass is 161 g/mol. The Morgan fingerprint density at radius 2 is 2.17 bits per heavy atom.